The number of nitrogens with one attached hydrogen (secondary N) is 2. The van der Waals surface area contributed by atoms with Crippen LogP contribution in [0.4, 0.5) is 5.82 Å². The Labute approximate surface area is 180 Å². The van der Waals surface area contributed by atoms with Crippen molar-refractivity contribution < 1.29 is 4.74 Å². The van der Waals surface area contributed by atoms with Gasteiger partial charge in [0.25, 0.3) is 0 Å². The van der Waals surface area contributed by atoms with Gasteiger partial charge < -0.3 is 25.2 Å². The highest BCUT2D eigenvalue weighted by atomic mass is 16.5. The number of aromatic nitrogens is 1. The molecule has 1 aliphatic rings. The molecule has 162 valence electrons. The van der Waals surface area contributed by atoms with Crippen LogP contribution in [0.3, 0.4) is 0 Å². The van der Waals surface area contributed by atoms with Gasteiger partial charge in [0.2, 0.25) is 0 Å². The molecule has 1 aromatic heterocycles. The number of likely N-dealkylation sites (N-methyl/N-ethyl adjacent to an activating group) is 1. The Balaban J connectivity index is 1.58. The molecule has 2 aromatic rings. The van der Waals surface area contributed by atoms with Crippen LogP contribution >= 0.6 is 0 Å². The van der Waals surface area contributed by atoms with E-state index in [0.717, 1.165) is 56.8 Å². The third-order valence-electron chi connectivity index (χ3n) is 5.34. The highest BCUT2D eigenvalue weighted by Crippen LogP contribution is 2.16. The first-order valence-electron chi connectivity index (χ1n) is 10.8. The van der Waals surface area contributed by atoms with Crippen LogP contribution in [0.1, 0.15) is 25.0 Å². The lowest BCUT2D eigenvalue weighted by molar-refractivity contribution is 0.270. The fraction of sp³-hybridized carbons (Fsp3) is 0.478. The number of methoxy groups -OCH3 is 1. The molecule has 1 aromatic carbocycles. The number of guanidine groups is 1. The van der Waals surface area contributed by atoms with Crippen LogP contribution in [0.25, 0.3) is 0 Å². The lowest BCUT2D eigenvalue weighted by Gasteiger charge is -2.34. The largest absolute Gasteiger partial charge is 0.497 e. The monoisotopic (exact) mass is 410 g/mol. The van der Waals surface area contributed by atoms with Crippen molar-refractivity contribution in [3.63, 3.8) is 0 Å². The van der Waals surface area contributed by atoms with Crippen LogP contribution in [0.5, 0.6) is 5.75 Å². The molecule has 0 aliphatic carbocycles. The number of benzene rings is 1. The Kier molecular flexibility index (Phi) is 8.32. The minimum atomic E-state index is 0.613. The predicted octanol–water partition coefficient (Wildman–Crippen LogP) is 2.49. The molecule has 0 bridgehead atoms. The van der Waals surface area contributed by atoms with Crippen molar-refractivity contribution in [1.29, 1.82) is 0 Å². The standard InChI is InChI=1S/C23H34N6O/c1-4-24-23(26-17-19-6-8-21(30-3)9-7-19)27-18-20-10-11-25-22(16-20)29-14-12-28(5-2)13-15-29/h6-11,16H,4-5,12-15,17-18H2,1-3H3,(H2,24,26,27). The summed E-state index contributed by atoms with van der Waals surface area (Å²) in [5.41, 5.74) is 2.35. The van der Waals surface area contributed by atoms with Gasteiger partial charge in [0, 0.05) is 45.5 Å². The van der Waals surface area contributed by atoms with Gasteiger partial charge in [0.05, 0.1) is 13.7 Å². The van der Waals surface area contributed by atoms with Gasteiger partial charge in [0.15, 0.2) is 5.96 Å². The maximum Gasteiger partial charge on any atom is 0.191 e. The summed E-state index contributed by atoms with van der Waals surface area (Å²) in [6.45, 7) is 11.8. The van der Waals surface area contributed by atoms with Gasteiger partial charge >= 0.3 is 0 Å². The van der Waals surface area contributed by atoms with E-state index in [4.69, 9.17) is 9.73 Å². The van der Waals surface area contributed by atoms with Gasteiger partial charge in [-0.05, 0) is 48.9 Å². The van der Waals surface area contributed by atoms with E-state index in [0.29, 0.717) is 13.1 Å². The van der Waals surface area contributed by atoms with E-state index in [2.05, 4.69) is 57.5 Å². The summed E-state index contributed by atoms with van der Waals surface area (Å²) in [6.07, 6.45) is 1.89. The summed E-state index contributed by atoms with van der Waals surface area (Å²) in [4.78, 5) is 14.2. The highest BCUT2D eigenvalue weighted by Gasteiger charge is 2.16. The van der Waals surface area contributed by atoms with Gasteiger partial charge in [-0.3, -0.25) is 0 Å². The Morgan fingerprint density at radius 3 is 2.47 bits per heavy atom. The molecule has 0 atom stereocenters. The third-order valence-corrected chi connectivity index (χ3v) is 5.34. The summed E-state index contributed by atoms with van der Waals surface area (Å²) < 4.78 is 5.22. The second-order valence-electron chi connectivity index (χ2n) is 7.34. The van der Waals surface area contributed by atoms with E-state index < -0.39 is 0 Å². The molecule has 2 N–H and O–H groups in total. The highest BCUT2D eigenvalue weighted by molar-refractivity contribution is 5.79. The SMILES string of the molecule is CCNC(=NCc1ccnc(N2CCN(CC)CC2)c1)NCc1ccc(OC)cc1. The average molecular weight is 411 g/mol. The second-order valence-corrected chi connectivity index (χ2v) is 7.34. The van der Waals surface area contributed by atoms with Crippen molar-refractivity contribution >= 4 is 11.8 Å². The van der Waals surface area contributed by atoms with Crippen molar-refractivity contribution in [3.05, 3.63) is 53.7 Å². The minimum absolute atomic E-state index is 0.613. The second kappa shape index (κ2) is 11.4. The van der Waals surface area contributed by atoms with Crippen molar-refractivity contribution in [1.82, 2.24) is 20.5 Å². The Morgan fingerprint density at radius 1 is 1.03 bits per heavy atom. The number of hydrogen-bond acceptors (Lipinski definition) is 5. The number of anilines is 1. The number of ether oxygens (including phenoxy) is 1. The van der Waals surface area contributed by atoms with Crippen LogP contribution in [0, 0.1) is 0 Å². The summed E-state index contributed by atoms with van der Waals surface area (Å²) in [7, 11) is 1.68. The number of pyridine rings is 1. The predicted molar refractivity (Wildman–Crippen MR) is 123 cm³/mol. The molecule has 3 rings (SSSR count). The Morgan fingerprint density at radius 2 is 1.80 bits per heavy atom. The van der Waals surface area contributed by atoms with Gasteiger partial charge in [-0.15, -0.1) is 0 Å². The lowest BCUT2D eigenvalue weighted by atomic mass is 10.2. The van der Waals surface area contributed by atoms with E-state index in [9.17, 15) is 0 Å². The summed E-state index contributed by atoms with van der Waals surface area (Å²) >= 11 is 0. The van der Waals surface area contributed by atoms with E-state index in [1.807, 2.05) is 24.4 Å². The fourth-order valence-electron chi connectivity index (χ4n) is 3.47. The van der Waals surface area contributed by atoms with Gasteiger partial charge in [-0.1, -0.05) is 19.1 Å². The quantitative estimate of drug-likeness (QED) is 0.515. The van der Waals surface area contributed by atoms with Gasteiger partial charge in [0.1, 0.15) is 11.6 Å². The molecular formula is C23H34N6O. The number of piperazine rings is 1. The summed E-state index contributed by atoms with van der Waals surface area (Å²) in [5.74, 6) is 2.72. The van der Waals surface area contributed by atoms with Gasteiger partial charge in [-0.25, -0.2) is 9.98 Å². The number of nitrogens with zero attached hydrogens (tertiary/aromatic N) is 4. The average Bonchev–Trinajstić information content (AvgIpc) is 2.81. The van der Waals surface area contributed by atoms with Crippen LogP contribution in [-0.4, -0.2) is 62.2 Å². The van der Waals surface area contributed by atoms with E-state index in [1.54, 1.807) is 7.11 Å². The zero-order valence-corrected chi connectivity index (χ0v) is 18.4. The van der Waals surface area contributed by atoms with Crippen LogP contribution < -0.4 is 20.3 Å². The molecular weight excluding hydrogens is 376 g/mol. The lowest BCUT2D eigenvalue weighted by Crippen LogP contribution is -2.46. The Hall–Kier alpha value is -2.80. The molecule has 2 heterocycles. The molecule has 0 radical (unpaired) electrons. The van der Waals surface area contributed by atoms with Crippen molar-refractivity contribution in [2.75, 3.05) is 51.3 Å². The smallest absolute Gasteiger partial charge is 0.191 e. The first-order chi connectivity index (χ1) is 14.7. The Bertz CT molecular complexity index is 800. The molecule has 0 saturated carbocycles. The minimum Gasteiger partial charge on any atom is -0.497 e. The zero-order valence-electron chi connectivity index (χ0n) is 18.4. The molecule has 30 heavy (non-hydrogen) atoms. The van der Waals surface area contributed by atoms with E-state index in [-0.39, 0.29) is 0 Å². The molecule has 0 spiro atoms. The molecule has 0 amide bonds. The van der Waals surface area contributed by atoms with Crippen LogP contribution in [0.15, 0.2) is 47.6 Å². The van der Waals surface area contributed by atoms with Crippen LogP contribution in [0.2, 0.25) is 0 Å². The first kappa shape index (κ1) is 21.9. The number of aliphatic imine (C=N–C) groups is 1. The van der Waals surface area contributed by atoms with Crippen molar-refractivity contribution in [2.45, 2.75) is 26.9 Å². The molecule has 7 nitrogen and oxygen atoms in total. The maximum absolute atomic E-state index is 5.22. The zero-order chi connectivity index (χ0) is 21.2. The molecule has 0 unspecified atom stereocenters. The number of hydrogen-bond donors (Lipinski definition) is 2. The summed E-state index contributed by atoms with van der Waals surface area (Å²) in [6, 6.07) is 12.3. The molecule has 1 fully saturated rings. The third kappa shape index (κ3) is 6.35. The molecule has 1 aliphatic heterocycles. The fourth-order valence-corrected chi connectivity index (χ4v) is 3.47. The van der Waals surface area contributed by atoms with Crippen molar-refractivity contribution in [2.24, 2.45) is 4.99 Å². The summed E-state index contributed by atoms with van der Waals surface area (Å²) in [5, 5.41) is 6.72. The molecule has 7 heteroatoms. The topological polar surface area (TPSA) is 65.0 Å². The maximum atomic E-state index is 5.22. The first-order valence-corrected chi connectivity index (χ1v) is 10.8. The number of rotatable bonds is 8. The van der Waals surface area contributed by atoms with Gasteiger partial charge in [-0.2, -0.15) is 0 Å². The van der Waals surface area contributed by atoms with Crippen LogP contribution in [-0.2, 0) is 13.1 Å². The van der Waals surface area contributed by atoms with Crippen molar-refractivity contribution in [3.8, 4) is 5.75 Å². The van der Waals surface area contributed by atoms with E-state index in [1.165, 1.54) is 11.1 Å². The molecule has 1 saturated heterocycles. The normalized spacial score (nSPS) is 15.2. The van der Waals surface area contributed by atoms with E-state index >= 15 is 0 Å².